The van der Waals surface area contributed by atoms with Crippen LogP contribution in [0.15, 0.2) is 24.3 Å². The van der Waals surface area contributed by atoms with Crippen molar-refractivity contribution >= 4 is 5.91 Å². The summed E-state index contributed by atoms with van der Waals surface area (Å²) in [5.74, 6) is 0.741. The van der Waals surface area contributed by atoms with Crippen LogP contribution in [0.2, 0.25) is 0 Å². The second kappa shape index (κ2) is 4.91. The molecule has 0 fully saturated rings. The fourth-order valence-electron chi connectivity index (χ4n) is 2.80. The zero-order valence-corrected chi connectivity index (χ0v) is 10.9. The molecular weight excluding hydrogens is 210 g/mol. The third-order valence-corrected chi connectivity index (χ3v) is 3.59. The Morgan fingerprint density at radius 2 is 2.12 bits per heavy atom. The molecule has 17 heavy (non-hydrogen) atoms. The maximum absolute atomic E-state index is 12.0. The average molecular weight is 231 g/mol. The number of carbonyl (C=O) groups is 1. The van der Waals surface area contributed by atoms with E-state index in [2.05, 4.69) is 43.0 Å². The van der Waals surface area contributed by atoms with Crippen LogP contribution in [-0.4, -0.2) is 17.4 Å². The number of rotatable bonds is 2. The Hall–Kier alpha value is -1.31. The van der Waals surface area contributed by atoms with Crippen LogP contribution in [0.5, 0.6) is 0 Å². The van der Waals surface area contributed by atoms with Gasteiger partial charge in [0.2, 0.25) is 5.91 Å². The molecule has 0 saturated carbocycles. The van der Waals surface area contributed by atoms with Crippen molar-refractivity contribution in [3.05, 3.63) is 35.4 Å². The van der Waals surface area contributed by atoms with E-state index in [1.165, 1.54) is 11.1 Å². The minimum absolute atomic E-state index is 0.257. The predicted molar refractivity (Wildman–Crippen MR) is 69.7 cm³/mol. The van der Waals surface area contributed by atoms with Gasteiger partial charge in [0.05, 0.1) is 6.04 Å². The largest absolute Gasteiger partial charge is 0.335 e. The molecule has 0 N–H and O–H groups in total. The molecule has 0 bridgehead atoms. The van der Waals surface area contributed by atoms with Crippen LogP contribution in [0.25, 0.3) is 0 Å². The van der Waals surface area contributed by atoms with Crippen molar-refractivity contribution in [2.45, 2.75) is 39.7 Å². The summed E-state index contributed by atoms with van der Waals surface area (Å²) in [5.41, 5.74) is 2.75. The van der Waals surface area contributed by atoms with Crippen molar-refractivity contribution in [1.29, 1.82) is 0 Å². The van der Waals surface area contributed by atoms with E-state index in [0.717, 1.165) is 13.0 Å². The molecule has 1 atom stereocenters. The lowest BCUT2D eigenvalue weighted by molar-refractivity contribution is -0.134. The van der Waals surface area contributed by atoms with Gasteiger partial charge in [0.15, 0.2) is 0 Å². The molecule has 2 nitrogen and oxygen atoms in total. The van der Waals surface area contributed by atoms with Crippen LogP contribution in [0.4, 0.5) is 0 Å². The first-order valence-electron chi connectivity index (χ1n) is 6.52. The zero-order chi connectivity index (χ0) is 12.4. The molecule has 0 aliphatic carbocycles. The molecule has 1 aliphatic heterocycles. The lowest BCUT2D eigenvalue weighted by Gasteiger charge is -2.39. The van der Waals surface area contributed by atoms with E-state index in [0.29, 0.717) is 12.3 Å². The van der Waals surface area contributed by atoms with Gasteiger partial charge in [-0.3, -0.25) is 4.79 Å². The molecule has 0 aromatic heterocycles. The molecule has 0 spiro atoms. The minimum atomic E-state index is 0.257. The number of nitrogens with zero attached hydrogens (tertiary/aromatic N) is 1. The molecule has 1 unspecified atom stereocenters. The van der Waals surface area contributed by atoms with Crippen molar-refractivity contribution in [3.8, 4) is 0 Å². The van der Waals surface area contributed by atoms with E-state index < -0.39 is 0 Å². The topological polar surface area (TPSA) is 20.3 Å². The Morgan fingerprint density at radius 3 is 2.76 bits per heavy atom. The van der Waals surface area contributed by atoms with Crippen LogP contribution in [0.1, 0.15) is 44.4 Å². The van der Waals surface area contributed by atoms with E-state index in [1.54, 1.807) is 0 Å². The second-order valence-corrected chi connectivity index (χ2v) is 5.08. The van der Waals surface area contributed by atoms with Gasteiger partial charge in [-0.05, 0) is 23.5 Å². The van der Waals surface area contributed by atoms with Gasteiger partial charge in [-0.25, -0.2) is 0 Å². The van der Waals surface area contributed by atoms with Crippen molar-refractivity contribution in [2.75, 3.05) is 6.54 Å². The minimum Gasteiger partial charge on any atom is -0.335 e. The van der Waals surface area contributed by atoms with Gasteiger partial charge < -0.3 is 4.90 Å². The molecule has 1 aromatic rings. The van der Waals surface area contributed by atoms with Crippen LogP contribution in [0, 0.1) is 5.92 Å². The SMILES string of the molecule is CCC(=O)N1CCc2ccccc2C1C(C)C. The average Bonchev–Trinajstić information content (AvgIpc) is 2.36. The van der Waals surface area contributed by atoms with E-state index in [-0.39, 0.29) is 11.9 Å². The molecule has 0 saturated heterocycles. The van der Waals surface area contributed by atoms with E-state index in [9.17, 15) is 4.79 Å². The maximum Gasteiger partial charge on any atom is 0.222 e. The molecule has 2 rings (SSSR count). The number of hydrogen-bond acceptors (Lipinski definition) is 1. The Bertz CT molecular complexity index is 411. The molecular formula is C15H21NO. The van der Waals surface area contributed by atoms with Gasteiger partial charge in [0, 0.05) is 13.0 Å². The molecule has 1 amide bonds. The third kappa shape index (κ3) is 2.21. The Balaban J connectivity index is 2.39. The molecule has 1 aromatic carbocycles. The van der Waals surface area contributed by atoms with E-state index >= 15 is 0 Å². The maximum atomic E-state index is 12.0. The van der Waals surface area contributed by atoms with E-state index in [1.807, 2.05) is 6.92 Å². The van der Waals surface area contributed by atoms with Crippen molar-refractivity contribution < 1.29 is 4.79 Å². The lowest BCUT2D eigenvalue weighted by Crippen LogP contribution is -2.41. The number of hydrogen-bond donors (Lipinski definition) is 0. The highest BCUT2D eigenvalue weighted by atomic mass is 16.2. The summed E-state index contributed by atoms with van der Waals surface area (Å²) >= 11 is 0. The molecule has 2 heteroatoms. The van der Waals surface area contributed by atoms with Gasteiger partial charge in [-0.2, -0.15) is 0 Å². The first-order chi connectivity index (χ1) is 8.15. The summed E-state index contributed by atoms with van der Waals surface area (Å²) in [5, 5.41) is 0. The Labute approximate surface area is 104 Å². The number of benzene rings is 1. The van der Waals surface area contributed by atoms with E-state index in [4.69, 9.17) is 0 Å². The Morgan fingerprint density at radius 1 is 1.41 bits per heavy atom. The monoisotopic (exact) mass is 231 g/mol. The van der Waals surface area contributed by atoms with Crippen molar-refractivity contribution in [3.63, 3.8) is 0 Å². The smallest absolute Gasteiger partial charge is 0.222 e. The third-order valence-electron chi connectivity index (χ3n) is 3.59. The molecule has 0 radical (unpaired) electrons. The number of carbonyl (C=O) groups excluding carboxylic acids is 1. The number of amides is 1. The summed E-state index contributed by atoms with van der Waals surface area (Å²) in [7, 11) is 0. The normalized spacial score (nSPS) is 19.3. The van der Waals surface area contributed by atoms with Crippen LogP contribution in [0.3, 0.4) is 0 Å². The van der Waals surface area contributed by atoms with Gasteiger partial charge in [-0.15, -0.1) is 0 Å². The van der Waals surface area contributed by atoms with Crippen molar-refractivity contribution in [1.82, 2.24) is 4.90 Å². The summed E-state index contributed by atoms with van der Waals surface area (Å²) < 4.78 is 0. The quantitative estimate of drug-likeness (QED) is 0.765. The van der Waals surface area contributed by atoms with Crippen molar-refractivity contribution in [2.24, 2.45) is 5.92 Å². The summed E-state index contributed by atoms with van der Waals surface area (Å²) in [6, 6.07) is 8.79. The van der Waals surface area contributed by atoms with Gasteiger partial charge in [0.1, 0.15) is 0 Å². The van der Waals surface area contributed by atoms with Gasteiger partial charge in [0.25, 0.3) is 0 Å². The summed E-state index contributed by atoms with van der Waals surface area (Å²) in [6.07, 6.45) is 1.59. The lowest BCUT2D eigenvalue weighted by atomic mass is 9.86. The first kappa shape index (κ1) is 12.2. The fraction of sp³-hybridized carbons (Fsp3) is 0.533. The summed E-state index contributed by atoms with van der Waals surface area (Å²) in [4.78, 5) is 14.1. The highest BCUT2D eigenvalue weighted by Gasteiger charge is 2.31. The standard InChI is InChI=1S/C15H21NO/c1-4-14(17)16-10-9-12-7-5-6-8-13(12)15(16)11(2)3/h5-8,11,15H,4,9-10H2,1-3H3. The van der Waals surface area contributed by atoms with Gasteiger partial charge >= 0.3 is 0 Å². The zero-order valence-electron chi connectivity index (χ0n) is 10.9. The second-order valence-electron chi connectivity index (χ2n) is 5.08. The van der Waals surface area contributed by atoms with Crippen LogP contribution < -0.4 is 0 Å². The summed E-state index contributed by atoms with van der Waals surface area (Å²) in [6.45, 7) is 7.21. The highest BCUT2D eigenvalue weighted by Crippen LogP contribution is 2.35. The van der Waals surface area contributed by atoms with Crippen LogP contribution in [-0.2, 0) is 11.2 Å². The molecule has 92 valence electrons. The van der Waals surface area contributed by atoms with Crippen LogP contribution >= 0.6 is 0 Å². The molecule has 1 heterocycles. The fourth-order valence-corrected chi connectivity index (χ4v) is 2.80. The highest BCUT2D eigenvalue weighted by molar-refractivity contribution is 5.76. The molecule has 1 aliphatic rings. The van der Waals surface area contributed by atoms with Gasteiger partial charge in [-0.1, -0.05) is 45.0 Å². The number of fused-ring (bicyclic) bond motifs is 1. The first-order valence-corrected chi connectivity index (χ1v) is 6.52. The predicted octanol–water partition coefficient (Wildman–Crippen LogP) is 3.18. The Kier molecular flexibility index (Phi) is 3.51.